The Morgan fingerprint density at radius 2 is 1.28 bits per heavy atom. The topological polar surface area (TPSA) is 127 Å². The molecule has 290 valence electrons. The second-order valence-corrected chi connectivity index (χ2v) is 19.1. The largest absolute Gasteiger partial charge is 0.478 e. The number of carboxylic acid groups (broad SMARTS) is 2. The van der Waals surface area contributed by atoms with Gasteiger partial charge in [0.05, 0.1) is 28.9 Å². The molecule has 7 rings (SSSR count). The molecule has 0 bridgehead atoms. The zero-order chi connectivity index (χ0) is 39.0. The Bertz CT molecular complexity index is 1880. The van der Waals surface area contributed by atoms with Crippen LogP contribution in [0.4, 0.5) is 0 Å². The third-order valence-corrected chi connectivity index (χ3v) is 16.7. The highest BCUT2D eigenvalue weighted by molar-refractivity contribution is 6.03. The highest BCUT2D eigenvalue weighted by atomic mass is 16.5. The first kappa shape index (κ1) is 38.3. The van der Waals surface area contributed by atoms with E-state index < -0.39 is 23.9 Å². The molecule has 7 unspecified atom stereocenters. The number of ether oxygens (including phenoxy) is 2. The number of carbonyl (C=O) groups is 4. The highest BCUT2D eigenvalue weighted by Gasteiger charge is 2.71. The zero-order valence-corrected chi connectivity index (χ0v) is 32.9. The summed E-state index contributed by atoms with van der Waals surface area (Å²) in [7, 11) is 0. The van der Waals surface area contributed by atoms with Crippen molar-refractivity contribution in [3.8, 4) is 0 Å². The molecular weight excluding hydrogens is 680 g/mol. The molecule has 5 fully saturated rings. The van der Waals surface area contributed by atoms with Crippen LogP contribution in [0.15, 0.2) is 60.7 Å². The number of hydrogen-bond donors (Lipinski definition) is 2. The van der Waals surface area contributed by atoms with E-state index in [0.29, 0.717) is 36.2 Å². The SMILES string of the molecule is C=C(C)C1CCC2(COC(=O)c3ccccc3C(=O)O)CC[C@]3(C)C(CCC4[C@@]5(C)CCC(OC(=O)c6ccccc6C(=O)O)C(C)(C)C5CC[C@]43C)C12. The molecule has 5 aliphatic carbocycles. The van der Waals surface area contributed by atoms with Gasteiger partial charge in [-0.3, -0.25) is 0 Å². The van der Waals surface area contributed by atoms with Crippen molar-refractivity contribution in [1.82, 2.24) is 0 Å². The summed E-state index contributed by atoms with van der Waals surface area (Å²) in [5.41, 5.74) is 1.09. The molecule has 8 nitrogen and oxygen atoms in total. The molecule has 0 radical (unpaired) electrons. The molecule has 0 aliphatic heterocycles. The molecule has 2 N–H and O–H groups in total. The van der Waals surface area contributed by atoms with Crippen molar-refractivity contribution in [3.05, 3.63) is 82.9 Å². The Morgan fingerprint density at radius 1 is 0.685 bits per heavy atom. The molecule has 5 saturated carbocycles. The van der Waals surface area contributed by atoms with Crippen molar-refractivity contribution in [2.45, 2.75) is 112 Å². The van der Waals surface area contributed by atoms with Gasteiger partial charge in [0.2, 0.25) is 0 Å². The summed E-state index contributed by atoms with van der Waals surface area (Å²) in [4.78, 5) is 50.7. The monoisotopic (exact) mass is 738 g/mol. The maximum atomic E-state index is 13.5. The lowest BCUT2D eigenvalue weighted by molar-refractivity contribution is -0.249. The van der Waals surface area contributed by atoms with Crippen LogP contribution in [0.1, 0.15) is 147 Å². The number of carboxylic acids is 2. The highest BCUT2D eigenvalue weighted by Crippen LogP contribution is 2.77. The van der Waals surface area contributed by atoms with Crippen molar-refractivity contribution in [2.75, 3.05) is 6.61 Å². The van der Waals surface area contributed by atoms with Gasteiger partial charge in [0.1, 0.15) is 6.10 Å². The van der Waals surface area contributed by atoms with Crippen LogP contribution in [0.3, 0.4) is 0 Å². The molecule has 5 aliphatic rings. The number of fused-ring (bicyclic) bond motifs is 7. The second-order valence-electron chi connectivity index (χ2n) is 19.1. The van der Waals surface area contributed by atoms with E-state index in [2.05, 4.69) is 48.1 Å². The molecule has 0 amide bonds. The molecule has 0 heterocycles. The van der Waals surface area contributed by atoms with Crippen molar-refractivity contribution in [2.24, 2.45) is 56.7 Å². The number of rotatable bonds is 8. The van der Waals surface area contributed by atoms with Crippen molar-refractivity contribution in [1.29, 1.82) is 0 Å². The van der Waals surface area contributed by atoms with Gasteiger partial charge in [0.15, 0.2) is 0 Å². The van der Waals surface area contributed by atoms with Gasteiger partial charge in [-0.2, -0.15) is 0 Å². The van der Waals surface area contributed by atoms with Gasteiger partial charge in [0.25, 0.3) is 0 Å². The predicted octanol–water partition coefficient (Wildman–Crippen LogP) is 10.1. The number of carbonyl (C=O) groups excluding carboxylic acids is 2. The van der Waals surface area contributed by atoms with E-state index in [1.165, 1.54) is 17.7 Å². The van der Waals surface area contributed by atoms with Crippen LogP contribution in [-0.2, 0) is 9.47 Å². The van der Waals surface area contributed by atoms with Crippen LogP contribution < -0.4 is 0 Å². The Labute approximate surface area is 320 Å². The fourth-order valence-corrected chi connectivity index (χ4v) is 13.9. The van der Waals surface area contributed by atoms with Gasteiger partial charge in [-0.15, -0.1) is 0 Å². The van der Waals surface area contributed by atoms with Gasteiger partial charge in [-0.05, 0) is 141 Å². The van der Waals surface area contributed by atoms with E-state index in [1.54, 1.807) is 36.4 Å². The molecule has 2 aromatic rings. The molecule has 10 atom stereocenters. The Balaban J connectivity index is 1.14. The first-order chi connectivity index (χ1) is 25.4. The van der Waals surface area contributed by atoms with E-state index >= 15 is 0 Å². The summed E-state index contributed by atoms with van der Waals surface area (Å²) < 4.78 is 12.4. The average Bonchev–Trinajstić information content (AvgIpc) is 3.52. The summed E-state index contributed by atoms with van der Waals surface area (Å²) in [5.74, 6) is -1.43. The number of esters is 2. The third kappa shape index (κ3) is 5.67. The van der Waals surface area contributed by atoms with Gasteiger partial charge in [-0.25, -0.2) is 19.2 Å². The first-order valence-electron chi connectivity index (χ1n) is 20.1. The summed E-state index contributed by atoms with van der Waals surface area (Å²) in [6, 6.07) is 12.6. The lowest BCUT2D eigenvalue weighted by Crippen LogP contribution is -2.67. The summed E-state index contributed by atoms with van der Waals surface area (Å²) in [6.07, 6.45) is 9.77. The molecular formula is C46H58O8. The minimum Gasteiger partial charge on any atom is -0.478 e. The van der Waals surface area contributed by atoms with Gasteiger partial charge < -0.3 is 19.7 Å². The normalized spacial score (nSPS) is 37.7. The van der Waals surface area contributed by atoms with Crippen molar-refractivity contribution < 1.29 is 38.9 Å². The molecule has 8 heteroatoms. The quantitative estimate of drug-likeness (QED) is 0.202. The number of aromatic carboxylic acids is 2. The van der Waals surface area contributed by atoms with Gasteiger partial charge in [-0.1, -0.05) is 71.0 Å². The Kier molecular flexibility index (Phi) is 9.49. The van der Waals surface area contributed by atoms with E-state index in [4.69, 9.17) is 9.47 Å². The lowest BCUT2D eigenvalue weighted by Gasteiger charge is -2.73. The van der Waals surface area contributed by atoms with E-state index in [1.807, 2.05) is 0 Å². The first-order valence-corrected chi connectivity index (χ1v) is 20.1. The van der Waals surface area contributed by atoms with Crippen LogP contribution in [0.2, 0.25) is 0 Å². The minimum atomic E-state index is -1.14. The maximum absolute atomic E-state index is 13.5. The van der Waals surface area contributed by atoms with E-state index in [9.17, 15) is 29.4 Å². The second kappa shape index (κ2) is 13.4. The predicted molar refractivity (Wildman–Crippen MR) is 205 cm³/mol. The molecule has 0 spiro atoms. The van der Waals surface area contributed by atoms with Crippen LogP contribution in [0.5, 0.6) is 0 Å². The van der Waals surface area contributed by atoms with Gasteiger partial charge >= 0.3 is 23.9 Å². The maximum Gasteiger partial charge on any atom is 0.339 e. The van der Waals surface area contributed by atoms with Crippen LogP contribution in [-0.4, -0.2) is 46.8 Å². The lowest BCUT2D eigenvalue weighted by atomic mass is 9.32. The van der Waals surface area contributed by atoms with Crippen LogP contribution >= 0.6 is 0 Å². The smallest absolute Gasteiger partial charge is 0.339 e. The van der Waals surface area contributed by atoms with Crippen molar-refractivity contribution >= 4 is 23.9 Å². The Hall–Kier alpha value is -3.94. The van der Waals surface area contributed by atoms with E-state index in [-0.39, 0.29) is 55.4 Å². The summed E-state index contributed by atoms with van der Waals surface area (Å²) in [6.45, 7) is 19.1. The molecule has 0 saturated heterocycles. The van der Waals surface area contributed by atoms with Crippen molar-refractivity contribution in [3.63, 3.8) is 0 Å². The average molecular weight is 739 g/mol. The number of allylic oxidation sites excluding steroid dienone is 1. The molecule has 0 aromatic heterocycles. The number of hydrogen-bond acceptors (Lipinski definition) is 6. The molecule has 2 aromatic carbocycles. The zero-order valence-electron chi connectivity index (χ0n) is 32.9. The fourth-order valence-electron chi connectivity index (χ4n) is 13.9. The fraction of sp³-hybridized carbons (Fsp3) is 0.609. The summed E-state index contributed by atoms with van der Waals surface area (Å²) >= 11 is 0. The van der Waals surface area contributed by atoms with Gasteiger partial charge in [0, 0.05) is 10.8 Å². The standard InChI is InChI=1S/C46H58O8/c1-27(2)28-18-23-46(26-53-40(51)31-14-10-8-12-29(31)38(47)48)25-24-44(6)33(37(28)46)16-17-35-43(5)21-20-36(42(3,4)34(43)19-22-45(35,44)7)54-41(52)32-15-11-9-13-30(32)39(49)50/h8-15,28,33-37H,1,16-26H2,2-7H3,(H,47,48)(H,49,50)/t28?,33?,34?,35?,36?,37?,43-,44+,45+,46?/m0/s1. The van der Waals surface area contributed by atoms with Crippen LogP contribution in [0, 0.1) is 56.7 Å². The Morgan fingerprint density at radius 3 is 1.87 bits per heavy atom. The number of benzene rings is 2. The van der Waals surface area contributed by atoms with Crippen LogP contribution in [0.25, 0.3) is 0 Å². The summed E-state index contributed by atoms with van der Waals surface area (Å²) in [5, 5.41) is 19.5. The molecule has 54 heavy (non-hydrogen) atoms. The minimum absolute atomic E-state index is 0.0336. The van der Waals surface area contributed by atoms with E-state index in [0.717, 1.165) is 64.2 Å². The third-order valence-electron chi connectivity index (χ3n) is 16.7.